The molecule has 0 unspecified atom stereocenters. The van der Waals surface area contributed by atoms with Gasteiger partial charge in [0.1, 0.15) is 0 Å². The summed E-state index contributed by atoms with van der Waals surface area (Å²) in [4.78, 5) is 16.7. The first-order valence-electron chi connectivity index (χ1n) is 7.98. The van der Waals surface area contributed by atoms with Crippen LogP contribution in [0.3, 0.4) is 0 Å². The molecule has 1 aromatic rings. The van der Waals surface area contributed by atoms with Crippen molar-refractivity contribution in [2.75, 3.05) is 39.3 Å². The van der Waals surface area contributed by atoms with E-state index < -0.39 is 0 Å². The zero-order valence-electron chi connectivity index (χ0n) is 14.5. The van der Waals surface area contributed by atoms with Crippen molar-refractivity contribution >= 4 is 30.7 Å². The van der Waals surface area contributed by atoms with Gasteiger partial charge in [-0.15, -0.1) is 24.8 Å². The zero-order chi connectivity index (χ0) is 16.0. The molecule has 2 rings (SSSR count). The predicted molar refractivity (Wildman–Crippen MR) is 104 cm³/mol. The van der Waals surface area contributed by atoms with E-state index in [4.69, 9.17) is 5.73 Å². The van der Waals surface area contributed by atoms with Crippen molar-refractivity contribution in [2.45, 2.75) is 25.9 Å². The molecule has 24 heavy (non-hydrogen) atoms. The highest BCUT2D eigenvalue weighted by Crippen LogP contribution is 2.08. The van der Waals surface area contributed by atoms with Gasteiger partial charge in [0.15, 0.2) is 0 Å². The Hall–Kier alpha value is -0.850. The van der Waals surface area contributed by atoms with E-state index in [-0.39, 0.29) is 36.3 Å². The van der Waals surface area contributed by atoms with Gasteiger partial charge in [0.05, 0.1) is 6.54 Å². The smallest absolute Gasteiger partial charge is 0.234 e. The summed E-state index contributed by atoms with van der Waals surface area (Å²) in [5.41, 5.74) is 6.66. The summed E-state index contributed by atoms with van der Waals surface area (Å²) < 4.78 is 0. The third-order valence-corrected chi connectivity index (χ3v) is 4.07. The maximum absolute atomic E-state index is 12.0. The first-order chi connectivity index (χ1) is 10.5. The van der Waals surface area contributed by atoms with Crippen LogP contribution in [0.5, 0.6) is 0 Å². The van der Waals surface area contributed by atoms with Crippen molar-refractivity contribution in [3.8, 4) is 0 Å². The van der Waals surface area contributed by atoms with Gasteiger partial charge < -0.3 is 11.1 Å². The largest absolute Gasteiger partial charge is 0.349 e. The van der Waals surface area contributed by atoms with Crippen LogP contribution in [-0.4, -0.2) is 60.5 Å². The third-order valence-electron chi connectivity index (χ3n) is 4.07. The average molecular weight is 377 g/mol. The number of nitrogens with zero attached hydrogens (tertiary/aromatic N) is 2. The minimum absolute atomic E-state index is 0. The highest BCUT2D eigenvalue weighted by atomic mass is 35.5. The summed E-state index contributed by atoms with van der Waals surface area (Å²) in [6, 6.07) is 10.5. The molecular formula is C17H30Cl2N4O. The van der Waals surface area contributed by atoms with Gasteiger partial charge in [-0.2, -0.15) is 0 Å². The number of nitrogens with two attached hydrogens (primary N) is 1. The standard InChI is InChI=1S/C17H28N4O.2ClH/c1-17(2,14-18)19-16(22)13-21-10-8-20(9-11-21)12-15-6-4-3-5-7-15;;/h3-7H,8-14,18H2,1-2H3,(H,19,22);2*1H. The van der Waals surface area contributed by atoms with Gasteiger partial charge in [-0.25, -0.2) is 0 Å². The van der Waals surface area contributed by atoms with Crippen molar-refractivity contribution in [1.29, 1.82) is 0 Å². The Bertz CT molecular complexity index is 477. The maximum Gasteiger partial charge on any atom is 0.234 e. The Morgan fingerprint density at radius 1 is 1.08 bits per heavy atom. The highest BCUT2D eigenvalue weighted by molar-refractivity contribution is 5.85. The number of nitrogens with one attached hydrogen (secondary N) is 1. The van der Waals surface area contributed by atoms with Crippen molar-refractivity contribution in [2.24, 2.45) is 5.73 Å². The fourth-order valence-electron chi connectivity index (χ4n) is 2.62. The molecule has 0 aliphatic carbocycles. The number of amides is 1. The molecule has 0 bridgehead atoms. The number of rotatable bonds is 6. The van der Waals surface area contributed by atoms with Crippen LogP contribution in [0.25, 0.3) is 0 Å². The molecule has 5 nitrogen and oxygen atoms in total. The van der Waals surface area contributed by atoms with Gasteiger partial charge in [0.2, 0.25) is 5.91 Å². The molecular weight excluding hydrogens is 347 g/mol. The zero-order valence-corrected chi connectivity index (χ0v) is 16.2. The Morgan fingerprint density at radius 3 is 2.17 bits per heavy atom. The van der Waals surface area contributed by atoms with Crippen molar-refractivity contribution in [3.63, 3.8) is 0 Å². The van der Waals surface area contributed by atoms with Crippen LogP contribution in [0.15, 0.2) is 30.3 Å². The van der Waals surface area contributed by atoms with E-state index in [1.807, 2.05) is 19.9 Å². The number of hydrogen-bond donors (Lipinski definition) is 2. The predicted octanol–water partition coefficient (Wildman–Crippen LogP) is 1.50. The topological polar surface area (TPSA) is 61.6 Å². The minimum Gasteiger partial charge on any atom is -0.349 e. The second-order valence-corrected chi connectivity index (χ2v) is 6.67. The van der Waals surface area contributed by atoms with Gasteiger partial charge in [-0.05, 0) is 19.4 Å². The van der Waals surface area contributed by atoms with E-state index in [9.17, 15) is 4.79 Å². The molecule has 1 saturated heterocycles. The second kappa shape index (κ2) is 10.9. The van der Waals surface area contributed by atoms with E-state index in [1.54, 1.807) is 0 Å². The summed E-state index contributed by atoms with van der Waals surface area (Å²) >= 11 is 0. The number of hydrogen-bond acceptors (Lipinski definition) is 4. The van der Waals surface area contributed by atoms with E-state index in [0.717, 1.165) is 32.7 Å². The molecule has 0 saturated carbocycles. The quantitative estimate of drug-likeness (QED) is 0.789. The van der Waals surface area contributed by atoms with Gasteiger partial charge >= 0.3 is 0 Å². The maximum atomic E-state index is 12.0. The van der Waals surface area contributed by atoms with Gasteiger partial charge in [0, 0.05) is 44.8 Å². The van der Waals surface area contributed by atoms with E-state index >= 15 is 0 Å². The van der Waals surface area contributed by atoms with Crippen LogP contribution in [0.4, 0.5) is 0 Å². The molecule has 1 aromatic carbocycles. The third kappa shape index (κ3) is 7.81. The lowest BCUT2D eigenvalue weighted by atomic mass is 10.1. The van der Waals surface area contributed by atoms with Crippen molar-refractivity contribution in [1.82, 2.24) is 15.1 Å². The number of piperazine rings is 1. The molecule has 3 N–H and O–H groups in total. The van der Waals surface area contributed by atoms with Crippen LogP contribution in [0, 0.1) is 0 Å². The number of benzene rings is 1. The lowest BCUT2D eigenvalue weighted by Crippen LogP contribution is -2.54. The molecule has 1 aliphatic heterocycles. The summed E-state index contributed by atoms with van der Waals surface area (Å²) in [7, 11) is 0. The van der Waals surface area contributed by atoms with Crippen LogP contribution in [0.1, 0.15) is 19.4 Å². The van der Waals surface area contributed by atoms with Crippen LogP contribution in [0.2, 0.25) is 0 Å². The van der Waals surface area contributed by atoms with E-state index in [1.165, 1.54) is 5.56 Å². The van der Waals surface area contributed by atoms with E-state index in [2.05, 4.69) is 39.4 Å². The normalized spacial score (nSPS) is 16.0. The fraction of sp³-hybridized carbons (Fsp3) is 0.588. The molecule has 1 fully saturated rings. The SMILES string of the molecule is CC(C)(CN)NC(=O)CN1CCN(Cc2ccccc2)CC1.Cl.Cl. The van der Waals surface area contributed by atoms with Gasteiger partial charge in [0.25, 0.3) is 0 Å². The first kappa shape index (κ1) is 23.1. The van der Waals surface area contributed by atoms with Crippen LogP contribution < -0.4 is 11.1 Å². The summed E-state index contributed by atoms with van der Waals surface area (Å²) in [5.74, 6) is 0.0620. The molecule has 1 aliphatic rings. The summed E-state index contributed by atoms with van der Waals surface area (Å²) in [6.07, 6.45) is 0. The second-order valence-electron chi connectivity index (χ2n) is 6.67. The summed E-state index contributed by atoms with van der Waals surface area (Å²) in [5, 5.41) is 2.99. The first-order valence-corrected chi connectivity index (χ1v) is 7.98. The molecule has 1 heterocycles. The summed E-state index contributed by atoms with van der Waals surface area (Å²) in [6.45, 7) is 9.66. The highest BCUT2D eigenvalue weighted by Gasteiger charge is 2.22. The number of carbonyl (C=O) groups excluding carboxylic acids is 1. The Morgan fingerprint density at radius 2 is 1.62 bits per heavy atom. The monoisotopic (exact) mass is 376 g/mol. The van der Waals surface area contributed by atoms with Crippen LogP contribution in [-0.2, 0) is 11.3 Å². The Kier molecular flexibility index (Phi) is 10.5. The van der Waals surface area contributed by atoms with Crippen molar-refractivity contribution < 1.29 is 4.79 Å². The molecule has 138 valence electrons. The molecule has 0 aromatic heterocycles. The van der Waals surface area contributed by atoms with Crippen molar-refractivity contribution in [3.05, 3.63) is 35.9 Å². The molecule has 0 atom stereocenters. The molecule has 0 radical (unpaired) electrons. The minimum atomic E-state index is -0.327. The average Bonchev–Trinajstić information content (AvgIpc) is 2.50. The lowest BCUT2D eigenvalue weighted by Gasteiger charge is -2.35. The Balaban J connectivity index is 0.00000264. The number of carbonyl (C=O) groups is 1. The fourth-order valence-corrected chi connectivity index (χ4v) is 2.62. The Labute approximate surface area is 157 Å². The van der Waals surface area contributed by atoms with Gasteiger partial charge in [-0.3, -0.25) is 14.6 Å². The molecule has 1 amide bonds. The van der Waals surface area contributed by atoms with E-state index in [0.29, 0.717) is 13.1 Å². The molecule has 0 spiro atoms. The lowest BCUT2D eigenvalue weighted by molar-refractivity contribution is -0.124. The van der Waals surface area contributed by atoms with Crippen LogP contribution >= 0.6 is 24.8 Å². The molecule has 7 heteroatoms. The van der Waals surface area contributed by atoms with Gasteiger partial charge in [-0.1, -0.05) is 30.3 Å². The number of halogens is 2.